The van der Waals surface area contributed by atoms with Crippen molar-refractivity contribution in [2.75, 3.05) is 4.90 Å². The Kier molecular flexibility index (Phi) is 4.52. The molecule has 6 rings (SSSR count). The summed E-state index contributed by atoms with van der Waals surface area (Å²) in [4.78, 5) is 2.37. The third kappa shape index (κ3) is 3.13. The molecule has 0 aliphatic heterocycles. The van der Waals surface area contributed by atoms with E-state index in [1.807, 2.05) is 11.3 Å². The molecule has 5 aromatic carbocycles. The molecule has 0 radical (unpaired) electrons. The van der Waals surface area contributed by atoms with Crippen LogP contribution in [-0.4, -0.2) is 0 Å². The van der Waals surface area contributed by atoms with Crippen molar-refractivity contribution in [1.82, 2.24) is 0 Å². The number of hydrogen-bond acceptors (Lipinski definition) is 2. The average molecular weight is 480 g/mol. The van der Waals surface area contributed by atoms with Crippen molar-refractivity contribution in [3.05, 3.63) is 114 Å². The van der Waals surface area contributed by atoms with E-state index in [9.17, 15) is 0 Å². The minimum Gasteiger partial charge on any atom is -0.309 e. The predicted molar refractivity (Wildman–Crippen MR) is 139 cm³/mol. The van der Waals surface area contributed by atoms with Crippen molar-refractivity contribution >= 4 is 75.3 Å². The van der Waals surface area contributed by atoms with E-state index in [-0.39, 0.29) is 0 Å². The van der Waals surface area contributed by atoms with Gasteiger partial charge in [-0.2, -0.15) is 0 Å². The molecule has 6 aromatic rings. The van der Waals surface area contributed by atoms with Crippen LogP contribution in [0.1, 0.15) is 0 Å². The van der Waals surface area contributed by atoms with Crippen molar-refractivity contribution in [2.24, 2.45) is 0 Å². The molecule has 0 spiro atoms. The first-order chi connectivity index (χ1) is 15.3. The van der Waals surface area contributed by atoms with E-state index in [1.165, 1.54) is 36.6 Å². The van der Waals surface area contributed by atoms with Crippen LogP contribution >= 0.6 is 27.3 Å². The summed E-state index contributed by atoms with van der Waals surface area (Å²) in [5.41, 5.74) is 3.52. The number of rotatable bonds is 3. The maximum absolute atomic E-state index is 3.75. The van der Waals surface area contributed by atoms with Crippen LogP contribution in [0.4, 0.5) is 17.1 Å². The molecule has 0 atom stereocenters. The molecule has 1 heterocycles. The Labute approximate surface area is 193 Å². The van der Waals surface area contributed by atoms with Gasteiger partial charge in [0.2, 0.25) is 0 Å². The molecular formula is C28H18BrNS. The van der Waals surface area contributed by atoms with E-state index in [2.05, 4.69) is 130 Å². The molecule has 0 unspecified atom stereocenters. The Morgan fingerprint density at radius 2 is 1.26 bits per heavy atom. The molecule has 0 amide bonds. The summed E-state index contributed by atoms with van der Waals surface area (Å²) in [6.45, 7) is 0. The first-order valence-electron chi connectivity index (χ1n) is 10.2. The van der Waals surface area contributed by atoms with Gasteiger partial charge in [-0.05, 0) is 63.1 Å². The van der Waals surface area contributed by atoms with E-state index in [1.54, 1.807) is 0 Å². The number of fused-ring (bicyclic) bond motifs is 4. The molecule has 0 N–H and O–H groups in total. The lowest BCUT2D eigenvalue weighted by Crippen LogP contribution is -2.09. The van der Waals surface area contributed by atoms with Gasteiger partial charge >= 0.3 is 0 Å². The normalized spacial score (nSPS) is 11.4. The fourth-order valence-corrected chi connectivity index (χ4v) is 6.09. The van der Waals surface area contributed by atoms with E-state index in [0.717, 1.165) is 15.8 Å². The van der Waals surface area contributed by atoms with Crippen molar-refractivity contribution in [1.29, 1.82) is 0 Å². The highest BCUT2D eigenvalue weighted by molar-refractivity contribution is 9.10. The van der Waals surface area contributed by atoms with E-state index >= 15 is 0 Å². The highest BCUT2D eigenvalue weighted by Crippen LogP contribution is 2.46. The number of nitrogens with zero attached hydrogens (tertiary/aromatic N) is 1. The number of hydrogen-bond donors (Lipinski definition) is 0. The largest absolute Gasteiger partial charge is 0.309 e. The lowest BCUT2D eigenvalue weighted by Gasteiger charge is -2.26. The van der Waals surface area contributed by atoms with Gasteiger partial charge in [0.1, 0.15) is 0 Å². The molecule has 1 nitrogen and oxygen atoms in total. The molecule has 1 aromatic heterocycles. The number of halogens is 1. The quantitative estimate of drug-likeness (QED) is 0.244. The van der Waals surface area contributed by atoms with Crippen LogP contribution < -0.4 is 4.90 Å². The topological polar surface area (TPSA) is 3.24 Å². The summed E-state index contributed by atoms with van der Waals surface area (Å²) >= 11 is 5.60. The second-order valence-corrected chi connectivity index (χ2v) is 9.45. The zero-order valence-corrected chi connectivity index (χ0v) is 19.0. The maximum atomic E-state index is 3.75. The van der Waals surface area contributed by atoms with Gasteiger partial charge in [0, 0.05) is 31.3 Å². The standard InChI is InChI=1S/C28H18BrNS/c29-25-14-6-12-23-24-13-7-15-26(28(24)31-27(23)25)30(21-10-2-1-3-11-21)22-17-16-19-8-4-5-9-20(19)18-22/h1-18H. The predicted octanol–water partition coefficient (Wildman–Crippen LogP) is 9.44. The molecule has 0 saturated heterocycles. The molecular weight excluding hydrogens is 462 g/mol. The van der Waals surface area contributed by atoms with Crippen LogP contribution in [0.15, 0.2) is 114 Å². The third-order valence-corrected chi connectivity index (χ3v) is 7.90. The molecule has 148 valence electrons. The highest BCUT2D eigenvalue weighted by atomic mass is 79.9. The minimum atomic E-state index is 1.15. The van der Waals surface area contributed by atoms with Gasteiger partial charge in [-0.1, -0.05) is 72.8 Å². The molecule has 0 fully saturated rings. The molecule has 0 aliphatic rings. The summed E-state index contributed by atoms with van der Waals surface area (Å²) in [7, 11) is 0. The summed E-state index contributed by atoms with van der Waals surface area (Å²) in [6, 6.07) is 39.0. The maximum Gasteiger partial charge on any atom is 0.0640 e. The van der Waals surface area contributed by atoms with Crippen molar-refractivity contribution in [3.63, 3.8) is 0 Å². The van der Waals surface area contributed by atoms with E-state index in [4.69, 9.17) is 0 Å². The molecule has 0 aliphatic carbocycles. The lowest BCUT2D eigenvalue weighted by atomic mass is 10.1. The Morgan fingerprint density at radius 3 is 2.10 bits per heavy atom. The summed E-state index contributed by atoms with van der Waals surface area (Å²) < 4.78 is 3.73. The van der Waals surface area contributed by atoms with E-state index in [0.29, 0.717) is 0 Å². The van der Waals surface area contributed by atoms with E-state index < -0.39 is 0 Å². The van der Waals surface area contributed by atoms with Crippen LogP contribution in [-0.2, 0) is 0 Å². The smallest absolute Gasteiger partial charge is 0.0640 e. The average Bonchev–Trinajstić information content (AvgIpc) is 3.21. The zero-order chi connectivity index (χ0) is 20.8. The Hall–Kier alpha value is -3.14. The third-order valence-electron chi connectivity index (χ3n) is 5.70. The second-order valence-electron chi connectivity index (χ2n) is 7.57. The SMILES string of the molecule is Brc1cccc2c1sc1c(N(c3ccccc3)c3ccc4ccccc4c3)cccc12. The number of anilines is 3. The van der Waals surface area contributed by atoms with Crippen LogP contribution in [0.3, 0.4) is 0 Å². The van der Waals surface area contributed by atoms with Gasteiger partial charge in [0.15, 0.2) is 0 Å². The molecule has 3 heteroatoms. The first-order valence-corrected chi connectivity index (χ1v) is 11.8. The van der Waals surface area contributed by atoms with Crippen molar-refractivity contribution < 1.29 is 0 Å². The minimum absolute atomic E-state index is 1.15. The van der Waals surface area contributed by atoms with Gasteiger partial charge in [0.25, 0.3) is 0 Å². The molecule has 0 saturated carbocycles. The fraction of sp³-hybridized carbons (Fsp3) is 0. The summed E-state index contributed by atoms with van der Waals surface area (Å²) in [5, 5.41) is 5.08. The Bertz CT molecular complexity index is 1550. The van der Waals surface area contributed by atoms with Gasteiger partial charge < -0.3 is 4.90 Å². The summed E-state index contributed by atoms with van der Waals surface area (Å²) in [6.07, 6.45) is 0. The lowest BCUT2D eigenvalue weighted by molar-refractivity contribution is 1.31. The Morgan fingerprint density at radius 1 is 0.548 bits per heavy atom. The van der Waals surface area contributed by atoms with Gasteiger partial charge in [-0.3, -0.25) is 0 Å². The molecule has 31 heavy (non-hydrogen) atoms. The first kappa shape index (κ1) is 18.6. The second kappa shape index (κ2) is 7.52. The fourth-order valence-electron chi connectivity index (χ4n) is 4.27. The van der Waals surface area contributed by atoms with Gasteiger partial charge in [0.05, 0.1) is 10.4 Å². The number of para-hydroxylation sites is 1. The summed E-state index contributed by atoms with van der Waals surface area (Å²) in [5.74, 6) is 0. The van der Waals surface area contributed by atoms with Crippen LogP contribution in [0.5, 0.6) is 0 Å². The van der Waals surface area contributed by atoms with Crippen LogP contribution in [0, 0.1) is 0 Å². The van der Waals surface area contributed by atoms with Crippen molar-refractivity contribution in [2.45, 2.75) is 0 Å². The zero-order valence-electron chi connectivity index (χ0n) is 16.6. The van der Waals surface area contributed by atoms with Gasteiger partial charge in [-0.15, -0.1) is 11.3 Å². The molecule has 0 bridgehead atoms. The number of thiophene rings is 1. The van der Waals surface area contributed by atoms with Crippen molar-refractivity contribution in [3.8, 4) is 0 Å². The highest BCUT2D eigenvalue weighted by Gasteiger charge is 2.18. The van der Waals surface area contributed by atoms with Gasteiger partial charge in [-0.25, -0.2) is 0 Å². The number of benzene rings is 5. The Balaban J connectivity index is 1.66. The van der Waals surface area contributed by atoms with Crippen LogP contribution in [0.25, 0.3) is 30.9 Å². The van der Waals surface area contributed by atoms with Crippen LogP contribution in [0.2, 0.25) is 0 Å². The monoisotopic (exact) mass is 479 g/mol.